The maximum atomic E-state index is 12.3. The minimum absolute atomic E-state index is 0.471. The number of rotatable bonds is 6. The van der Waals surface area contributed by atoms with Gasteiger partial charge in [0, 0.05) is 0 Å². The van der Waals surface area contributed by atoms with Crippen molar-refractivity contribution in [2.24, 2.45) is 11.8 Å². The van der Waals surface area contributed by atoms with Gasteiger partial charge in [0.1, 0.15) is 0 Å². The van der Waals surface area contributed by atoms with Crippen LogP contribution in [0.3, 0.4) is 0 Å². The van der Waals surface area contributed by atoms with Crippen LogP contribution in [-0.4, -0.2) is 19.4 Å². The summed E-state index contributed by atoms with van der Waals surface area (Å²) in [5, 5.41) is 0. The van der Waals surface area contributed by atoms with Crippen molar-refractivity contribution in [3.05, 3.63) is 0 Å². The van der Waals surface area contributed by atoms with Crippen LogP contribution in [0.5, 0.6) is 0 Å². The molecular formula is C11H23O3P. The third-order valence-corrected chi connectivity index (χ3v) is 5.37. The van der Waals surface area contributed by atoms with E-state index in [-0.39, 0.29) is 0 Å². The van der Waals surface area contributed by atoms with Gasteiger partial charge in [-0.25, -0.2) is 0 Å². The van der Waals surface area contributed by atoms with Gasteiger partial charge in [0.25, 0.3) is 0 Å². The van der Waals surface area contributed by atoms with Crippen molar-refractivity contribution in [3.63, 3.8) is 0 Å². The predicted molar refractivity (Wildman–Crippen MR) is 62.2 cm³/mol. The first-order valence-electron chi connectivity index (χ1n) is 5.99. The van der Waals surface area contributed by atoms with Gasteiger partial charge in [-0.2, -0.15) is 0 Å². The Hall–Kier alpha value is 0.150. The van der Waals surface area contributed by atoms with Gasteiger partial charge in [-0.05, 0) is 32.1 Å². The molecule has 0 heterocycles. The highest BCUT2D eigenvalue weighted by Crippen LogP contribution is 2.52. The van der Waals surface area contributed by atoms with Crippen molar-refractivity contribution in [1.82, 2.24) is 0 Å². The molecule has 2 unspecified atom stereocenters. The molecule has 0 aliphatic heterocycles. The minimum Gasteiger partial charge on any atom is -0.309 e. The van der Waals surface area contributed by atoms with Crippen LogP contribution in [0.25, 0.3) is 0 Å². The van der Waals surface area contributed by atoms with E-state index in [4.69, 9.17) is 9.05 Å². The minimum atomic E-state index is -2.81. The highest BCUT2D eigenvalue weighted by atomic mass is 31.2. The summed E-state index contributed by atoms with van der Waals surface area (Å²) in [6.07, 6.45) is 4.29. The van der Waals surface area contributed by atoms with E-state index >= 15 is 0 Å². The molecule has 0 radical (unpaired) electrons. The van der Waals surface area contributed by atoms with Gasteiger partial charge in [0.2, 0.25) is 0 Å². The van der Waals surface area contributed by atoms with Crippen LogP contribution in [-0.2, 0) is 13.6 Å². The summed E-state index contributed by atoms with van der Waals surface area (Å²) in [7, 11) is -2.81. The summed E-state index contributed by atoms with van der Waals surface area (Å²) in [4.78, 5) is 0. The molecule has 1 fully saturated rings. The molecule has 1 rings (SSSR count). The molecule has 1 aliphatic rings. The molecule has 0 aromatic carbocycles. The quantitative estimate of drug-likeness (QED) is 0.657. The summed E-state index contributed by atoms with van der Waals surface area (Å²) in [5.41, 5.74) is 0. The molecule has 0 aromatic rings. The van der Waals surface area contributed by atoms with Crippen molar-refractivity contribution in [1.29, 1.82) is 0 Å². The zero-order valence-electron chi connectivity index (χ0n) is 10.1. The van der Waals surface area contributed by atoms with Crippen LogP contribution in [0, 0.1) is 11.8 Å². The standard InChI is InChI=1S/C11H23O3P/c1-4-13-15(12,14-5-2)9-11-8-6-7-10(11)3/h10-11H,4-9H2,1-3H3. The molecule has 0 bridgehead atoms. The average Bonchev–Trinajstić information content (AvgIpc) is 2.52. The average molecular weight is 234 g/mol. The van der Waals surface area contributed by atoms with Crippen LogP contribution < -0.4 is 0 Å². The van der Waals surface area contributed by atoms with Crippen LogP contribution in [0.1, 0.15) is 40.0 Å². The van der Waals surface area contributed by atoms with Crippen molar-refractivity contribution in [2.75, 3.05) is 19.4 Å². The monoisotopic (exact) mass is 234 g/mol. The van der Waals surface area contributed by atoms with Crippen molar-refractivity contribution >= 4 is 7.60 Å². The SMILES string of the molecule is CCOP(=O)(CC1CCCC1C)OCC. The number of hydrogen-bond acceptors (Lipinski definition) is 3. The molecule has 90 valence electrons. The van der Waals surface area contributed by atoms with Crippen LogP contribution >= 0.6 is 7.60 Å². The molecule has 0 N–H and O–H groups in total. The van der Waals surface area contributed by atoms with Gasteiger partial charge >= 0.3 is 7.60 Å². The van der Waals surface area contributed by atoms with Gasteiger partial charge in [0.15, 0.2) is 0 Å². The Balaban J connectivity index is 2.53. The fraction of sp³-hybridized carbons (Fsp3) is 1.00. The van der Waals surface area contributed by atoms with E-state index in [1.54, 1.807) is 0 Å². The van der Waals surface area contributed by atoms with E-state index in [1.807, 2.05) is 13.8 Å². The smallest absolute Gasteiger partial charge is 0.309 e. The molecule has 0 amide bonds. The van der Waals surface area contributed by atoms with E-state index in [9.17, 15) is 4.57 Å². The summed E-state index contributed by atoms with van der Waals surface area (Å²) in [5.74, 6) is 1.19. The lowest BCUT2D eigenvalue weighted by molar-refractivity contribution is 0.213. The topological polar surface area (TPSA) is 35.5 Å². The van der Waals surface area contributed by atoms with Gasteiger partial charge in [-0.15, -0.1) is 0 Å². The molecule has 3 nitrogen and oxygen atoms in total. The van der Waals surface area contributed by atoms with E-state index in [0.717, 1.165) is 0 Å². The van der Waals surface area contributed by atoms with Crippen LogP contribution in [0.4, 0.5) is 0 Å². The largest absolute Gasteiger partial charge is 0.330 e. The van der Waals surface area contributed by atoms with Crippen LogP contribution in [0.15, 0.2) is 0 Å². The van der Waals surface area contributed by atoms with Gasteiger partial charge in [-0.3, -0.25) is 4.57 Å². The lowest BCUT2D eigenvalue weighted by Gasteiger charge is -2.22. The second kappa shape index (κ2) is 6.03. The Labute approximate surface area is 93.1 Å². The van der Waals surface area contributed by atoms with Gasteiger partial charge < -0.3 is 9.05 Å². The third-order valence-electron chi connectivity index (χ3n) is 3.15. The Morgan fingerprint density at radius 2 is 1.80 bits per heavy atom. The first kappa shape index (κ1) is 13.2. The molecule has 1 saturated carbocycles. The molecule has 2 atom stereocenters. The Morgan fingerprint density at radius 1 is 1.20 bits per heavy atom. The van der Waals surface area contributed by atoms with Gasteiger partial charge in [0.05, 0.1) is 19.4 Å². The second-order valence-corrected chi connectivity index (χ2v) is 6.40. The molecule has 15 heavy (non-hydrogen) atoms. The maximum absolute atomic E-state index is 12.3. The highest BCUT2D eigenvalue weighted by Gasteiger charge is 2.33. The zero-order valence-corrected chi connectivity index (χ0v) is 11.0. The van der Waals surface area contributed by atoms with E-state index in [2.05, 4.69) is 6.92 Å². The fourth-order valence-electron chi connectivity index (χ4n) is 2.32. The second-order valence-electron chi connectivity index (χ2n) is 4.30. The molecule has 1 aliphatic carbocycles. The van der Waals surface area contributed by atoms with Crippen molar-refractivity contribution in [3.8, 4) is 0 Å². The lowest BCUT2D eigenvalue weighted by atomic mass is 10.0. The first-order valence-corrected chi connectivity index (χ1v) is 7.72. The Bertz CT molecular complexity index is 220. The van der Waals surface area contributed by atoms with Crippen molar-refractivity contribution < 1.29 is 13.6 Å². The van der Waals surface area contributed by atoms with E-state index < -0.39 is 7.60 Å². The Morgan fingerprint density at radius 3 is 2.20 bits per heavy atom. The maximum Gasteiger partial charge on any atom is 0.330 e. The highest BCUT2D eigenvalue weighted by molar-refractivity contribution is 7.53. The zero-order chi connectivity index (χ0) is 11.3. The normalized spacial score (nSPS) is 27.1. The third kappa shape index (κ3) is 3.90. The summed E-state index contributed by atoms with van der Waals surface area (Å²) in [6, 6.07) is 0. The molecule has 0 aromatic heterocycles. The molecule has 0 saturated heterocycles. The summed E-state index contributed by atoms with van der Waals surface area (Å²) in [6.45, 7) is 6.91. The van der Waals surface area contributed by atoms with Gasteiger partial charge in [-0.1, -0.05) is 19.8 Å². The lowest BCUT2D eigenvalue weighted by Crippen LogP contribution is -2.12. The predicted octanol–water partition coefficient (Wildman–Crippen LogP) is 3.69. The number of hydrogen-bond donors (Lipinski definition) is 0. The molecule has 0 spiro atoms. The fourth-order valence-corrected chi connectivity index (χ4v) is 4.51. The van der Waals surface area contributed by atoms with E-state index in [1.165, 1.54) is 19.3 Å². The first-order chi connectivity index (χ1) is 7.11. The molecular weight excluding hydrogens is 211 g/mol. The van der Waals surface area contributed by atoms with Crippen LogP contribution in [0.2, 0.25) is 0 Å². The van der Waals surface area contributed by atoms with E-state index in [0.29, 0.717) is 31.2 Å². The molecule has 4 heteroatoms. The van der Waals surface area contributed by atoms with Crippen molar-refractivity contribution in [2.45, 2.75) is 40.0 Å². The summed E-state index contributed by atoms with van der Waals surface area (Å²) >= 11 is 0. The Kier molecular flexibility index (Phi) is 5.31. The summed E-state index contributed by atoms with van der Waals surface area (Å²) < 4.78 is 22.9.